The summed E-state index contributed by atoms with van der Waals surface area (Å²) in [4.78, 5) is 12.4. The summed E-state index contributed by atoms with van der Waals surface area (Å²) in [5.74, 6) is 0.813. The van der Waals surface area contributed by atoms with Crippen LogP contribution >= 0.6 is 11.6 Å². The highest BCUT2D eigenvalue weighted by atomic mass is 35.5. The van der Waals surface area contributed by atoms with Crippen molar-refractivity contribution in [2.45, 2.75) is 65.3 Å². The maximum Gasteiger partial charge on any atom is 0.224 e. The Labute approximate surface area is 110 Å². The largest absolute Gasteiger partial charge is 0.349 e. The lowest BCUT2D eigenvalue weighted by Gasteiger charge is -2.39. The standard InChI is InChI=1S/C14H26ClNO/c1-5-14(4,10-15)16-12(17)11-8-6-7-9-13(11,2)3/h11H,5-10H2,1-4H3,(H,16,17). The van der Waals surface area contributed by atoms with Crippen LogP contribution in [0.1, 0.15) is 59.8 Å². The fourth-order valence-corrected chi connectivity index (χ4v) is 2.84. The molecule has 0 saturated heterocycles. The van der Waals surface area contributed by atoms with Crippen LogP contribution in [-0.4, -0.2) is 17.3 Å². The molecular weight excluding hydrogens is 234 g/mol. The quantitative estimate of drug-likeness (QED) is 0.766. The van der Waals surface area contributed by atoms with Gasteiger partial charge in [-0.1, -0.05) is 33.6 Å². The average molecular weight is 260 g/mol. The topological polar surface area (TPSA) is 29.1 Å². The number of carbonyl (C=O) groups is 1. The van der Waals surface area contributed by atoms with Gasteiger partial charge in [0.2, 0.25) is 5.91 Å². The molecule has 3 heteroatoms. The van der Waals surface area contributed by atoms with Crippen molar-refractivity contribution in [3.05, 3.63) is 0 Å². The second kappa shape index (κ2) is 5.60. The molecule has 0 aromatic rings. The number of rotatable bonds is 4. The Hall–Kier alpha value is -0.240. The summed E-state index contributed by atoms with van der Waals surface area (Å²) in [5, 5.41) is 3.15. The van der Waals surface area contributed by atoms with E-state index in [0.29, 0.717) is 5.88 Å². The van der Waals surface area contributed by atoms with E-state index in [9.17, 15) is 4.79 Å². The SMILES string of the molecule is CCC(C)(CCl)NC(=O)C1CCCCC1(C)C. The van der Waals surface area contributed by atoms with Gasteiger partial charge >= 0.3 is 0 Å². The molecule has 0 radical (unpaired) electrons. The molecule has 0 aromatic heterocycles. The van der Waals surface area contributed by atoms with Crippen LogP contribution in [0.2, 0.25) is 0 Å². The Bertz CT molecular complexity index is 271. The number of alkyl halides is 1. The van der Waals surface area contributed by atoms with Crippen molar-refractivity contribution in [2.24, 2.45) is 11.3 Å². The molecule has 0 aromatic carbocycles. The Morgan fingerprint density at radius 3 is 2.59 bits per heavy atom. The molecule has 0 bridgehead atoms. The van der Waals surface area contributed by atoms with Crippen molar-refractivity contribution >= 4 is 17.5 Å². The van der Waals surface area contributed by atoms with Crippen molar-refractivity contribution in [1.82, 2.24) is 5.32 Å². The molecule has 17 heavy (non-hydrogen) atoms. The minimum absolute atomic E-state index is 0.128. The smallest absolute Gasteiger partial charge is 0.224 e. The first-order chi connectivity index (χ1) is 7.84. The molecule has 1 rings (SSSR count). The lowest BCUT2D eigenvalue weighted by atomic mass is 9.68. The molecule has 1 fully saturated rings. The minimum atomic E-state index is -0.258. The van der Waals surface area contributed by atoms with Crippen LogP contribution in [0.5, 0.6) is 0 Å². The molecular formula is C14H26ClNO. The number of amides is 1. The van der Waals surface area contributed by atoms with Crippen LogP contribution in [-0.2, 0) is 4.79 Å². The van der Waals surface area contributed by atoms with Crippen molar-refractivity contribution < 1.29 is 4.79 Å². The third-order valence-corrected chi connectivity index (χ3v) is 4.91. The van der Waals surface area contributed by atoms with Crippen molar-refractivity contribution in [1.29, 1.82) is 0 Å². The first kappa shape index (κ1) is 14.8. The summed E-state index contributed by atoms with van der Waals surface area (Å²) in [6.07, 6.45) is 5.45. The van der Waals surface area contributed by atoms with Crippen LogP contribution in [0.3, 0.4) is 0 Å². The van der Waals surface area contributed by atoms with E-state index in [0.717, 1.165) is 19.3 Å². The molecule has 1 aliphatic carbocycles. The molecule has 1 N–H and O–H groups in total. The summed E-state index contributed by atoms with van der Waals surface area (Å²) in [6.45, 7) is 8.50. The van der Waals surface area contributed by atoms with Gasteiger partial charge in [-0.3, -0.25) is 4.79 Å². The van der Waals surface area contributed by atoms with Gasteiger partial charge in [0.25, 0.3) is 0 Å². The van der Waals surface area contributed by atoms with E-state index in [4.69, 9.17) is 11.6 Å². The van der Waals surface area contributed by atoms with Crippen LogP contribution in [0, 0.1) is 11.3 Å². The van der Waals surface area contributed by atoms with Gasteiger partial charge in [-0.05, 0) is 31.6 Å². The summed E-state index contributed by atoms with van der Waals surface area (Å²) in [6, 6.07) is 0. The molecule has 2 atom stereocenters. The molecule has 0 heterocycles. The van der Waals surface area contributed by atoms with Crippen LogP contribution < -0.4 is 5.32 Å². The van der Waals surface area contributed by atoms with E-state index in [2.05, 4.69) is 26.1 Å². The van der Waals surface area contributed by atoms with Crippen molar-refractivity contribution in [3.63, 3.8) is 0 Å². The van der Waals surface area contributed by atoms with E-state index in [1.807, 2.05) is 6.92 Å². The lowest BCUT2D eigenvalue weighted by Crippen LogP contribution is -2.52. The van der Waals surface area contributed by atoms with Crippen molar-refractivity contribution in [2.75, 3.05) is 5.88 Å². The Balaban J connectivity index is 2.69. The second-order valence-corrected chi connectivity index (χ2v) is 6.59. The average Bonchev–Trinajstić information content (AvgIpc) is 2.28. The Kier molecular flexibility index (Phi) is 4.88. The van der Waals surface area contributed by atoms with Crippen molar-refractivity contribution in [3.8, 4) is 0 Å². The highest BCUT2D eigenvalue weighted by molar-refractivity contribution is 6.18. The van der Waals surface area contributed by atoms with E-state index in [1.165, 1.54) is 12.8 Å². The Morgan fingerprint density at radius 2 is 2.12 bits per heavy atom. The van der Waals surface area contributed by atoms with Crippen LogP contribution in [0.4, 0.5) is 0 Å². The number of hydrogen-bond acceptors (Lipinski definition) is 1. The zero-order valence-electron chi connectivity index (χ0n) is 11.6. The first-order valence-electron chi connectivity index (χ1n) is 6.72. The number of hydrogen-bond donors (Lipinski definition) is 1. The fourth-order valence-electron chi connectivity index (χ4n) is 2.58. The van der Waals surface area contributed by atoms with E-state index in [1.54, 1.807) is 0 Å². The van der Waals surface area contributed by atoms with Gasteiger partial charge in [-0.2, -0.15) is 0 Å². The van der Waals surface area contributed by atoms with Gasteiger partial charge in [0.1, 0.15) is 0 Å². The van der Waals surface area contributed by atoms with Crippen LogP contribution in [0.25, 0.3) is 0 Å². The summed E-state index contributed by atoms with van der Waals surface area (Å²) < 4.78 is 0. The van der Waals surface area contributed by atoms with E-state index < -0.39 is 0 Å². The van der Waals surface area contributed by atoms with Gasteiger partial charge < -0.3 is 5.32 Å². The maximum atomic E-state index is 12.4. The predicted octanol–water partition coefficient (Wildman–Crippen LogP) is 3.73. The Morgan fingerprint density at radius 1 is 1.47 bits per heavy atom. The fraction of sp³-hybridized carbons (Fsp3) is 0.929. The minimum Gasteiger partial charge on any atom is -0.349 e. The monoisotopic (exact) mass is 259 g/mol. The summed E-state index contributed by atoms with van der Waals surface area (Å²) in [7, 11) is 0. The molecule has 1 amide bonds. The highest BCUT2D eigenvalue weighted by Gasteiger charge is 2.38. The molecule has 0 aliphatic heterocycles. The first-order valence-corrected chi connectivity index (χ1v) is 7.26. The second-order valence-electron chi connectivity index (χ2n) is 6.32. The van der Waals surface area contributed by atoms with Crippen LogP contribution in [0.15, 0.2) is 0 Å². The van der Waals surface area contributed by atoms with Gasteiger partial charge in [0.15, 0.2) is 0 Å². The lowest BCUT2D eigenvalue weighted by molar-refractivity contribution is -0.131. The zero-order chi connectivity index (χ0) is 13.1. The van der Waals surface area contributed by atoms with Gasteiger partial charge in [0, 0.05) is 11.8 Å². The zero-order valence-corrected chi connectivity index (χ0v) is 12.4. The normalized spacial score (nSPS) is 27.2. The molecule has 2 unspecified atom stereocenters. The summed E-state index contributed by atoms with van der Waals surface area (Å²) >= 11 is 5.95. The van der Waals surface area contributed by atoms with Gasteiger partial charge in [-0.25, -0.2) is 0 Å². The molecule has 100 valence electrons. The van der Waals surface area contributed by atoms with E-state index >= 15 is 0 Å². The van der Waals surface area contributed by atoms with Gasteiger partial charge in [0.05, 0.1) is 5.54 Å². The van der Waals surface area contributed by atoms with E-state index in [-0.39, 0.29) is 22.8 Å². The number of halogens is 1. The third kappa shape index (κ3) is 3.61. The maximum absolute atomic E-state index is 12.4. The molecule has 1 saturated carbocycles. The number of carbonyl (C=O) groups excluding carboxylic acids is 1. The molecule has 0 spiro atoms. The summed E-state index contributed by atoms with van der Waals surface area (Å²) in [5.41, 5.74) is -0.130. The van der Waals surface area contributed by atoms with Gasteiger partial charge in [-0.15, -0.1) is 11.6 Å². The predicted molar refractivity (Wildman–Crippen MR) is 73.3 cm³/mol. The molecule has 1 aliphatic rings. The highest BCUT2D eigenvalue weighted by Crippen LogP contribution is 2.40. The molecule has 2 nitrogen and oxygen atoms in total. The third-order valence-electron chi connectivity index (χ3n) is 4.32. The number of nitrogens with one attached hydrogen (secondary N) is 1.